The number of carbonyl (C=O) groups excluding carboxylic acids is 1. The minimum Gasteiger partial charge on any atom is -0.493 e. The number of carbonyl (C=O) groups is 1. The zero-order chi connectivity index (χ0) is 26.3. The van der Waals surface area contributed by atoms with Crippen molar-refractivity contribution in [2.75, 3.05) is 6.61 Å². The van der Waals surface area contributed by atoms with Gasteiger partial charge in [-0.2, -0.15) is 13.2 Å². The number of ether oxygens (including phenoxy) is 3. The van der Waals surface area contributed by atoms with Crippen LogP contribution >= 0.6 is 0 Å². The van der Waals surface area contributed by atoms with Gasteiger partial charge in [0.15, 0.2) is 5.78 Å². The van der Waals surface area contributed by atoms with Crippen LogP contribution in [0.25, 0.3) is 0 Å². The Balaban J connectivity index is 2.02. The summed E-state index contributed by atoms with van der Waals surface area (Å²) in [5, 5.41) is 9.59. The van der Waals surface area contributed by atoms with Gasteiger partial charge in [-0.1, -0.05) is 44.7 Å². The molecule has 3 rings (SSSR count). The molecule has 0 amide bonds. The van der Waals surface area contributed by atoms with Gasteiger partial charge >= 0.3 is 6.18 Å². The Bertz CT molecular complexity index is 1210. The molecule has 0 bridgehead atoms. The normalized spacial score (nSPS) is 17.9. The predicted octanol–water partition coefficient (Wildman–Crippen LogP) is 5.65. The van der Waals surface area contributed by atoms with E-state index in [1.54, 1.807) is 24.3 Å². The van der Waals surface area contributed by atoms with Gasteiger partial charge in [0.25, 0.3) is 0 Å². The number of rotatable bonds is 7. The Morgan fingerprint density at radius 2 is 1.89 bits per heavy atom. The number of hydrogen-bond donors (Lipinski definition) is 1. The second-order valence-electron chi connectivity index (χ2n) is 8.16. The lowest BCUT2D eigenvalue weighted by atomic mass is 10.1. The molecule has 0 unspecified atom stereocenters. The zero-order valence-corrected chi connectivity index (χ0v) is 19.8. The van der Waals surface area contributed by atoms with Crippen molar-refractivity contribution in [3.8, 4) is 5.75 Å². The van der Waals surface area contributed by atoms with E-state index in [0.29, 0.717) is 23.1 Å². The fraction of sp³-hybridized carbons (Fsp3) is 0.259. The number of allylic oxidation sites excluding steroid dienone is 4. The van der Waals surface area contributed by atoms with Crippen LogP contribution in [0.15, 0.2) is 90.4 Å². The molecule has 190 valence electrons. The number of aromatic nitrogens is 1. The number of halogens is 3. The molecule has 1 aromatic heterocycles. The van der Waals surface area contributed by atoms with Crippen molar-refractivity contribution in [3.05, 3.63) is 107 Å². The topological polar surface area (TPSA) is 77.9 Å². The van der Waals surface area contributed by atoms with E-state index in [2.05, 4.69) is 11.6 Å². The number of pyridine rings is 1. The van der Waals surface area contributed by atoms with Crippen molar-refractivity contribution in [2.24, 2.45) is 5.92 Å². The van der Waals surface area contributed by atoms with E-state index in [9.17, 15) is 23.1 Å². The molecule has 36 heavy (non-hydrogen) atoms. The Kier molecular flexibility index (Phi) is 8.71. The number of nitrogens with zero attached hydrogens (tertiary/aromatic N) is 1. The van der Waals surface area contributed by atoms with Gasteiger partial charge in [0.1, 0.15) is 41.8 Å². The van der Waals surface area contributed by atoms with E-state index in [1.165, 1.54) is 24.4 Å². The van der Waals surface area contributed by atoms with Crippen LogP contribution in [0, 0.1) is 5.92 Å². The van der Waals surface area contributed by atoms with Crippen LogP contribution in [0.1, 0.15) is 30.5 Å². The molecule has 9 heteroatoms. The van der Waals surface area contributed by atoms with E-state index >= 15 is 0 Å². The molecule has 1 aliphatic heterocycles. The molecular weight excluding hydrogens is 475 g/mol. The minimum atomic E-state index is -4.69. The third-order valence-electron chi connectivity index (χ3n) is 5.23. The average molecular weight is 502 g/mol. The van der Waals surface area contributed by atoms with E-state index in [1.807, 2.05) is 13.8 Å². The lowest BCUT2D eigenvalue weighted by molar-refractivity contribution is -0.138. The van der Waals surface area contributed by atoms with Crippen LogP contribution in [-0.2, 0) is 33.7 Å². The number of aliphatic hydroxyl groups excluding tert-OH is 1. The molecule has 0 radical (unpaired) electrons. The van der Waals surface area contributed by atoms with E-state index in [-0.39, 0.29) is 42.8 Å². The summed E-state index contributed by atoms with van der Waals surface area (Å²) in [6.45, 7) is 7.19. The summed E-state index contributed by atoms with van der Waals surface area (Å²) >= 11 is 0. The van der Waals surface area contributed by atoms with Gasteiger partial charge < -0.3 is 19.3 Å². The molecule has 0 saturated carbocycles. The number of hydrogen-bond acceptors (Lipinski definition) is 6. The maximum Gasteiger partial charge on any atom is 0.421 e. The first-order valence-electron chi connectivity index (χ1n) is 11.1. The van der Waals surface area contributed by atoms with E-state index in [0.717, 1.165) is 6.07 Å². The summed E-state index contributed by atoms with van der Waals surface area (Å²) in [6, 6.07) is 8.10. The van der Waals surface area contributed by atoms with E-state index in [4.69, 9.17) is 14.2 Å². The first kappa shape index (κ1) is 26.7. The predicted molar refractivity (Wildman–Crippen MR) is 126 cm³/mol. The Labute approximate surface area is 207 Å². The number of benzene rings is 1. The summed E-state index contributed by atoms with van der Waals surface area (Å²) in [5.74, 6) is -0.761. The quantitative estimate of drug-likeness (QED) is 0.494. The van der Waals surface area contributed by atoms with Crippen molar-refractivity contribution in [3.63, 3.8) is 0 Å². The summed E-state index contributed by atoms with van der Waals surface area (Å²) in [5.41, 5.74) is 0.193. The van der Waals surface area contributed by atoms with Crippen LogP contribution in [-0.4, -0.2) is 22.5 Å². The van der Waals surface area contributed by atoms with Crippen LogP contribution in [0.4, 0.5) is 13.2 Å². The molecule has 0 aliphatic carbocycles. The van der Waals surface area contributed by atoms with Gasteiger partial charge in [0.05, 0.1) is 12.2 Å². The van der Waals surface area contributed by atoms with Gasteiger partial charge in [-0.15, -0.1) is 0 Å². The van der Waals surface area contributed by atoms with Gasteiger partial charge in [-0.3, -0.25) is 9.78 Å². The second-order valence-corrected chi connectivity index (χ2v) is 8.16. The van der Waals surface area contributed by atoms with Crippen LogP contribution < -0.4 is 4.74 Å². The minimum absolute atomic E-state index is 0.00265. The highest BCUT2D eigenvalue weighted by molar-refractivity contribution is 6.06. The molecule has 0 saturated heterocycles. The molecule has 0 spiro atoms. The molecule has 0 atom stereocenters. The Hall–Kier alpha value is -3.85. The van der Waals surface area contributed by atoms with Crippen molar-refractivity contribution < 1.29 is 37.3 Å². The lowest BCUT2D eigenvalue weighted by Crippen LogP contribution is -2.13. The largest absolute Gasteiger partial charge is 0.493 e. The third kappa shape index (κ3) is 6.85. The summed E-state index contributed by atoms with van der Waals surface area (Å²) in [4.78, 5) is 16.4. The SMILES string of the molecule is C=C1C(=O)/C=C(/C(C)C)OC/C=C(/Oc2ccncc2C(F)(F)F)C=C1OCc1ccccc1CO. The highest BCUT2D eigenvalue weighted by Gasteiger charge is 2.35. The molecular formula is C27H26F3NO5. The van der Waals surface area contributed by atoms with Crippen molar-refractivity contribution in [1.82, 2.24) is 4.98 Å². The van der Waals surface area contributed by atoms with Gasteiger partial charge in [-0.05, 0) is 23.3 Å². The highest BCUT2D eigenvalue weighted by Crippen LogP contribution is 2.36. The molecule has 2 aromatic rings. The number of alkyl halides is 3. The molecule has 6 nitrogen and oxygen atoms in total. The maximum atomic E-state index is 13.5. The second kappa shape index (κ2) is 11.7. The standard InChI is InChI=1S/C27H26F3NO5/c1-17(2)25-13-23(33)18(3)26(35-16-20-7-5-4-6-19(20)15-32)12-21(9-11-34-25)36-24-8-10-31-14-22(24)27(28,29)30/h4-10,12-14,17,32H,3,11,15-16H2,1-2H3/b21-9+,25-13-,26-12?. The monoisotopic (exact) mass is 501 g/mol. The van der Waals surface area contributed by atoms with Crippen LogP contribution in [0.3, 0.4) is 0 Å². The number of aliphatic hydroxyl groups is 1. The van der Waals surface area contributed by atoms with Crippen LogP contribution in [0.5, 0.6) is 5.75 Å². The summed E-state index contributed by atoms with van der Waals surface area (Å²) in [7, 11) is 0. The molecule has 1 aromatic carbocycles. The molecule has 0 fully saturated rings. The third-order valence-corrected chi connectivity index (χ3v) is 5.23. The van der Waals surface area contributed by atoms with Crippen molar-refractivity contribution in [1.29, 1.82) is 0 Å². The molecule has 2 heterocycles. The van der Waals surface area contributed by atoms with Crippen molar-refractivity contribution >= 4 is 5.78 Å². The van der Waals surface area contributed by atoms with Crippen LogP contribution in [0.2, 0.25) is 0 Å². The van der Waals surface area contributed by atoms with Crippen molar-refractivity contribution in [2.45, 2.75) is 33.2 Å². The van der Waals surface area contributed by atoms with Gasteiger partial charge in [0, 0.05) is 30.5 Å². The average Bonchev–Trinajstić information content (AvgIpc) is 2.84. The summed E-state index contributed by atoms with van der Waals surface area (Å²) < 4.78 is 57.6. The first-order chi connectivity index (χ1) is 17.1. The zero-order valence-electron chi connectivity index (χ0n) is 19.8. The highest BCUT2D eigenvalue weighted by atomic mass is 19.4. The fourth-order valence-electron chi connectivity index (χ4n) is 3.23. The Morgan fingerprint density at radius 1 is 1.17 bits per heavy atom. The molecule has 1 N–H and O–H groups in total. The molecule has 1 aliphatic rings. The Morgan fingerprint density at radius 3 is 2.56 bits per heavy atom. The van der Waals surface area contributed by atoms with E-state index < -0.39 is 23.3 Å². The van der Waals surface area contributed by atoms with Gasteiger partial charge in [-0.25, -0.2) is 0 Å². The first-order valence-corrected chi connectivity index (χ1v) is 11.1. The smallest absolute Gasteiger partial charge is 0.421 e. The fourth-order valence-corrected chi connectivity index (χ4v) is 3.23. The number of ketones is 1. The lowest BCUT2D eigenvalue weighted by Gasteiger charge is -2.19. The van der Waals surface area contributed by atoms with Gasteiger partial charge in [0.2, 0.25) is 0 Å². The maximum absolute atomic E-state index is 13.5. The summed E-state index contributed by atoms with van der Waals surface area (Å²) in [6.07, 6.45) is 1.19.